The predicted octanol–water partition coefficient (Wildman–Crippen LogP) is 1.95. The molecule has 140 valence electrons. The number of nitrogens with one attached hydrogen (secondary N) is 2. The van der Waals surface area contributed by atoms with Gasteiger partial charge in [-0.1, -0.05) is 6.92 Å². The predicted molar refractivity (Wildman–Crippen MR) is 99.6 cm³/mol. The van der Waals surface area contributed by atoms with Gasteiger partial charge in [0.25, 0.3) is 11.5 Å². The maximum atomic E-state index is 12.4. The van der Waals surface area contributed by atoms with Gasteiger partial charge in [-0.25, -0.2) is 4.98 Å². The number of aliphatic hydroxyl groups is 1. The first kappa shape index (κ1) is 19.7. The molecule has 0 bridgehead atoms. The second-order valence-electron chi connectivity index (χ2n) is 6.24. The van der Waals surface area contributed by atoms with Gasteiger partial charge in [0.2, 0.25) is 0 Å². The normalized spacial score (nSPS) is 11.9. The van der Waals surface area contributed by atoms with Crippen molar-refractivity contribution in [2.75, 3.05) is 13.2 Å². The fraction of sp³-hybridized carbons (Fsp3) is 0.421. The summed E-state index contributed by atoms with van der Waals surface area (Å²) in [6.07, 6.45) is 0.826. The Morgan fingerprint density at radius 3 is 2.73 bits per heavy atom. The van der Waals surface area contributed by atoms with Crippen molar-refractivity contribution in [2.24, 2.45) is 0 Å². The molecule has 2 rings (SSSR count). The van der Waals surface area contributed by atoms with Crippen LogP contribution in [0.3, 0.4) is 0 Å². The van der Waals surface area contributed by atoms with E-state index in [4.69, 9.17) is 9.84 Å². The van der Waals surface area contributed by atoms with Crippen molar-refractivity contribution >= 4 is 5.91 Å². The zero-order valence-electron chi connectivity index (χ0n) is 15.5. The quantitative estimate of drug-likeness (QED) is 0.701. The molecule has 0 fully saturated rings. The minimum absolute atomic E-state index is 0.150. The number of H-pyrrole nitrogens is 1. The van der Waals surface area contributed by atoms with Crippen LogP contribution in [0.15, 0.2) is 23.0 Å². The van der Waals surface area contributed by atoms with Crippen LogP contribution in [-0.2, 0) is 0 Å². The molecule has 1 atom stereocenters. The fourth-order valence-electron chi connectivity index (χ4n) is 2.32. The summed E-state index contributed by atoms with van der Waals surface area (Å²) >= 11 is 0. The molecule has 0 aliphatic rings. The molecule has 0 aliphatic carbocycles. The molecule has 0 saturated carbocycles. The van der Waals surface area contributed by atoms with Crippen molar-refractivity contribution in [3.8, 4) is 17.1 Å². The summed E-state index contributed by atoms with van der Waals surface area (Å²) < 4.78 is 5.75. The Hall–Kier alpha value is -2.67. The Bertz CT molecular complexity index is 845. The number of benzene rings is 1. The van der Waals surface area contributed by atoms with Gasteiger partial charge in [-0.3, -0.25) is 9.59 Å². The van der Waals surface area contributed by atoms with Crippen molar-refractivity contribution in [1.29, 1.82) is 0 Å². The number of nitrogens with zero attached hydrogens (tertiary/aromatic N) is 1. The second-order valence-corrected chi connectivity index (χ2v) is 6.24. The lowest BCUT2D eigenvalue weighted by Crippen LogP contribution is -2.35. The number of carbonyl (C=O) groups excluding carboxylic acids is 1. The number of aromatic amines is 1. The van der Waals surface area contributed by atoms with Gasteiger partial charge in [-0.05, 0) is 45.4 Å². The number of ether oxygens (including phenoxy) is 1. The number of aryl methyl sites for hydroxylation is 1. The average molecular weight is 359 g/mol. The Kier molecular flexibility index (Phi) is 6.52. The lowest BCUT2D eigenvalue weighted by molar-refractivity contribution is 0.0922. The largest absolute Gasteiger partial charge is 0.493 e. The third kappa shape index (κ3) is 4.49. The standard InChI is InChI=1S/C19H25N3O4/c1-5-8-26-16-7-6-14(19(25)20-11(2)10-23)9-15(16)17-21-13(4)12(3)18(24)22-17/h6-7,9,11,23H,5,8,10H2,1-4H3,(H,20,25)(H,21,22,24). The third-order valence-corrected chi connectivity index (χ3v) is 4.00. The van der Waals surface area contributed by atoms with Gasteiger partial charge >= 0.3 is 0 Å². The number of rotatable bonds is 7. The first-order chi connectivity index (χ1) is 12.4. The van der Waals surface area contributed by atoms with Crippen molar-refractivity contribution in [3.05, 3.63) is 45.4 Å². The molecule has 1 heterocycles. The zero-order valence-corrected chi connectivity index (χ0v) is 15.5. The van der Waals surface area contributed by atoms with E-state index in [0.717, 1.165) is 6.42 Å². The maximum Gasteiger partial charge on any atom is 0.254 e. The minimum atomic E-state index is -0.360. The number of carbonyl (C=O) groups is 1. The molecule has 26 heavy (non-hydrogen) atoms. The molecule has 1 amide bonds. The minimum Gasteiger partial charge on any atom is -0.493 e. The molecule has 2 aromatic rings. The number of hydrogen-bond donors (Lipinski definition) is 3. The summed E-state index contributed by atoms with van der Waals surface area (Å²) in [4.78, 5) is 31.7. The SMILES string of the molecule is CCCOc1ccc(C(=O)NC(C)CO)cc1-c1nc(C)c(C)c(=O)[nH]1. The molecule has 0 spiro atoms. The molecule has 0 radical (unpaired) electrons. The van der Waals surface area contributed by atoms with Crippen molar-refractivity contribution in [2.45, 2.75) is 40.2 Å². The van der Waals surface area contributed by atoms with Crippen LogP contribution in [-0.4, -0.2) is 40.2 Å². The first-order valence-electron chi connectivity index (χ1n) is 8.63. The Morgan fingerprint density at radius 2 is 2.12 bits per heavy atom. The van der Waals surface area contributed by atoms with Crippen LogP contribution >= 0.6 is 0 Å². The van der Waals surface area contributed by atoms with E-state index in [9.17, 15) is 9.59 Å². The Balaban J connectivity index is 2.51. The second kappa shape index (κ2) is 8.62. The number of aliphatic hydroxyl groups excluding tert-OH is 1. The number of amides is 1. The molecule has 1 unspecified atom stereocenters. The van der Waals surface area contributed by atoms with Crippen LogP contribution in [0.4, 0.5) is 0 Å². The highest BCUT2D eigenvalue weighted by Crippen LogP contribution is 2.29. The summed E-state index contributed by atoms with van der Waals surface area (Å²) in [6, 6.07) is 4.62. The van der Waals surface area contributed by atoms with E-state index in [1.165, 1.54) is 0 Å². The lowest BCUT2D eigenvalue weighted by atomic mass is 10.1. The van der Waals surface area contributed by atoms with Crippen molar-refractivity contribution < 1.29 is 14.6 Å². The van der Waals surface area contributed by atoms with E-state index < -0.39 is 0 Å². The molecule has 7 heteroatoms. The number of aromatic nitrogens is 2. The monoisotopic (exact) mass is 359 g/mol. The summed E-state index contributed by atoms with van der Waals surface area (Å²) in [6.45, 7) is 7.53. The molecular weight excluding hydrogens is 334 g/mol. The smallest absolute Gasteiger partial charge is 0.254 e. The molecular formula is C19H25N3O4. The van der Waals surface area contributed by atoms with Crippen LogP contribution in [0, 0.1) is 13.8 Å². The van der Waals surface area contributed by atoms with Gasteiger partial charge in [0.1, 0.15) is 11.6 Å². The van der Waals surface area contributed by atoms with E-state index >= 15 is 0 Å². The molecule has 3 N–H and O–H groups in total. The van der Waals surface area contributed by atoms with Gasteiger partial charge in [0.05, 0.1) is 18.8 Å². The third-order valence-electron chi connectivity index (χ3n) is 4.00. The highest BCUT2D eigenvalue weighted by molar-refractivity contribution is 5.96. The van der Waals surface area contributed by atoms with Crippen LogP contribution in [0.2, 0.25) is 0 Å². The molecule has 1 aromatic carbocycles. The molecule has 7 nitrogen and oxygen atoms in total. The maximum absolute atomic E-state index is 12.4. The molecule has 0 aliphatic heterocycles. The highest BCUT2D eigenvalue weighted by atomic mass is 16.5. The van der Waals surface area contributed by atoms with Crippen LogP contribution < -0.4 is 15.6 Å². The van der Waals surface area contributed by atoms with Gasteiger partial charge in [-0.15, -0.1) is 0 Å². The summed E-state index contributed by atoms with van der Waals surface area (Å²) in [5, 5.41) is 11.8. The molecule has 0 saturated heterocycles. The van der Waals surface area contributed by atoms with Gasteiger partial charge in [-0.2, -0.15) is 0 Å². The zero-order chi connectivity index (χ0) is 19.3. The average Bonchev–Trinajstić information content (AvgIpc) is 2.63. The summed E-state index contributed by atoms with van der Waals surface area (Å²) in [5.74, 6) is 0.583. The van der Waals surface area contributed by atoms with Crippen LogP contribution in [0.1, 0.15) is 41.9 Å². The van der Waals surface area contributed by atoms with Crippen LogP contribution in [0.5, 0.6) is 5.75 Å². The van der Waals surface area contributed by atoms with Crippen molar-refractivity contribution in [1.82, 2.24) is 15.3 Å². The lowest BCUT2D eigenvalue weighted by Gasteiger charge is -2.15. The summed E-state index contributed by atoms with van der Waals surface area (Å²) in [5.41, 5.74) is 1.88. The van der Waals surface area contributed by atoms with E-state index in [0.29, 0.717) is 40.6 Å². The van der Waals surface area contributed by atoms with E-state index in [1.54, 1.807) is 39.0 Å². The number of hydrogen-bond acceptors (Lipinski definition) is 5. The topological polar surface area (TPSA) is 104 Å². The summed E-state index contributed by atoms with van der Waals surface area (Å²) in [7, 11) is 0. The van der Waals surface area contributed by atoms with Crippen molar-refractivity contribution in [3.63, 3.8) is 0 Å². The van der Waals surface area contributed by atoms with E-state index in [1.807, 2.05) is 6.92 Å². The van der Waals surface area contributed by atoms with Crippen LogP contribution in [0.25, 0.3) is 11.4 Å². The van der Waals surface area contributed by atoms with E-state index in [-0.39, 0.29) is 24.1 Å². The fourth-order valence-corrected chi connectivity index (χ4v) is 2.32. The Morgan fingerprint density at radius 1 is 1.38 bits per heavy atom. The van der Waals surface area contributed by atoms with Gasteiger partial charge in [0, 0.05) is 22.9 Å². The first-order valence-corrected chi connectivity index (χ1v) is 8.63. The molecule has 1 aromatic heterocycles. The highest BCUT2D eigenvalue weighted by Gasteiger charge is 2.16. The van der Waals surface area contributed by atoms with E-state index in [2.05, 4.69) is 15.3 Å². The van der Waals surface area contributed by atoms with Gasteiger partial charge in [0.15, 0.2) is 0 Å². The van der Waals surface area contributed by atoms with Gasteiger partial charge < -0.3 is 20.1 Å². The Labute approximate surface area is 152 Å².